The van der Waals surface area contributed by atoms with Gasteiger partial charge in [-0.3, -0.25) is 9.59 Å². The van der Waals surface area contributed by atoms with Gasteiger partial charge in [-0.2, -0.15) is 0 Å². The van der Waals surface area contributed by atoms with E-state index >= 15 is 4.39 Å². The number of carbonyl (C=O) groups excluding carboxylic acids is 1. The third kappa shape index (κ3) is 3.40. The van der Waals surface area contributed by atoms with Gasteiger partial charge in [0.1, 0.15) is 5.67 Å². The molecule has 4 unspecified atom stereocenters. The molecule has 1 aromatic rings. The molecular weight excluding hydrogens is 487 g/mol. The average molecular weight is 519 g/mol. The largest absolute Gasteiger partial charge is 0.481 e. The molecule has 4 bridgehead atoms. The number of amides is 1. The van der Waals surface area contributed by atoms with E-state index in [9.17, 15) is 14.7 Å². The summed E-state index contributed by atoms with van der Waals surface area (Å²) in [5.74, 6) is -0.771. The van der Waals surface area contributed by atoms with Crippen LogP contribution in [-0.2, 0) is 15.0 Å². The molecule has 1 aliphatic heterocycles. The van der Waals surface area contributed by atoms with E-state index < -0.39 is 17.6 Å². The van der Waals surface area contributed by atoms with Gasteiger partial charge in [-0.05, 0) is 93.0 Å². The second kappa shape index (κ2) is 7.77. The van der Waals surface area contributed by atoms with Gasteiger partial charge in [0.25, 0.3) is 0 Å². The first-order chi connectivity index (χ1) is 15.8. The van der Waals surface area contributed by atoms with Crippen LogP contribution in [0.25, 0.3) is 0 Å². The molecule has 0 aromatic heterocycles. The number of nitrogens with one attached hydrogen (secondary N) is 2. The Morgan fingerprint density at radius 1 is 1.15 bits per heavy atom. The van der Waals surface area contributed by atoms with E-state index in [2.05, 4.69) is 26.6 Å². The zero-order chi connectivity index (χ0) is 23.0. The SMILES string of the molecule is O=C(O)CC1c2cccc(Br)c2C2(CCNCC2)C1C(=O)NC1C2CC3CC1CC(F)(C3)C2. The highest BCUT2D eigenvalue weighted by Gasteiger charge is 2.59. The van der Waals surface area contributed by atoms with Crippen molar-refractivity contribution >= 4 is 27.8 Å². The van der Waals surface area contributed by atoms with Crippen molar-refractivity contribution in [2.24, 2.45) is 23.7 Å². The summed E-state index contributed by atoms with van der Waals surface area (Å²) in [7, 11) is 0. The molecule has 5 nitrogen and oxygen atoms in total. The number of rotatable bonds is 4. The fourth-order valence-electron chi connectivity index (χ4n) is 8.79. The molecular formula is C26H32BrFN2O3. The molecule has 1 spiro atoms. The smallest absolute Gasteiger partial charge is 0.303 e. The van der Waals surface area contributed by atoms with E-state index in [1.54, 1.807) is 0 Å². The van der Waals surface area contributed by atoms with Crippen LogP contribution in [0.5, 0.6) is 0 Å². The van der Waals surface area contributed by atoms with Crippen molar-refractivity contribution in [3.63, 3.8) is 0 Å². The van der Waals surface area contributed by atoms with E-state index in [1.807, 2.05) is 18.2 Å². The van der Waals surface area contributed by atoms with E-state index in [0.29, 0.717) is 25.2 Å². The number of halogens is 2. The van der Waals surface area contributed by atoms with Crippen molar-refractivity contribution in [3.05, 3.63) is 33.8 Å². The van der Waals surface area contributed by atoms with Gasteiger partial charge in [-0.15, -0.1) is 0 Å². The predicted molar refractivity (Wildman–Crippen MR) is 126 cm³/mol. The lowest BCUT2D eigenvalue weighted by atomic mass is 9.53. The minimum Gasteiger partial charge on any atom is -0.481 e. The highest BCUT2D eigenvalue weighted by molar-refractivity contribution is 9.10. The summed E-state index contributed by atoms with van der Waals surface area (Å²) in [6, 6.07) is 6.00. The minimum absolute atomic E-state index is 0.0170. The van der Waals surface area contributed by atoms with Crippen LogP contribution in [0.2, 0.25) is 0 Å². The molecule has 1 aromatic carbocycles. The maximum Gasteiger partial charge on any atom is 0.303 e. The molecule has 1 heterocycles. The summed E-state index contributed by atoms with van der Waals surface area (Å²) in [5.41, 5.74) is 0.721. The maximum absolute atomic E-state index is 15.2. The fraction of sp³-hybridized carbons (Fsp3) is 0.692. The quantitative estimate of drug-likeness (QED) is 0.555. The summed E-state index contributed by atoms with van der Waals surface area (Å²) < 4.78 is 16.2. The number of carboxylic acids is 1. The monoisotopic (exact) mass is 518 g/mol. The van der Waals surface area contributed by atoms with Gasteiger partial charge in [0.05, 0.1) is 12.3 Å². The Kier molecular flexibility index (Phi) is 5.19. The number of hydrogen-bond donors (Lipinski definition) is 3. The van der Waals surface area contributed by atoms with Gasteiger partial charge >= 0.3 is 5.97 Å². The highest BCUT2D eigenvalue weighted by atomic mass is 79.9. The molecule has 33 heavy (non-hydrogen) atoms. The second-order valence-corrected chi connectivity index (χ2v) is 12.3. The van der Waals surface area contributed by atoms with Gasteiger partial charge in [0, 0.05) is 21.8 Å². The number of carboxylic acid groups (broad SMARTS) is 1. The molecule has 1 saturated heterocycles. The van der Waals surface area contributed by atoms with E-state index in [4.69, 9.17) is 0 Å². The van der Waals surface area contributed by atoms with Crippen LogP contribution < -0.4 is 10.6 Å². The number of hydrogen-bond acceptors (Lipinski definition) is 3. The van der Waals surface area contributed by atoms with Crippen LogP contribution in [-0.4, -0.2) is 41.8 Å². The number of aliphatic carboxylic acids is 1. The zero-order valence-corrected chi connectivity index (χ0v) is 20.4. The van der Waals surface area contributed by atoms with Crippen molar-refractivity contribution in [3.8, 4) is 0 Å². The highest BCUT2D eigenvalue weighted by Crippen LogP contribution is 2.60. The molecule has 5 aliphatic carbocycles. The van der Waals surface area contributed by atoms with Gasteiger partial charge < -0.3 is 15.7 Å². The summed E-state index contributed by atoms with van der Waals surface area (Å²) in [6.07, 6.45) is 5.42. The molecule has 6 aliphatic rings. The van der Waals surface area contributed by atoms with Crippen LogP contribution in [0, 0.1) is 23.7 Å². The van der Waals surface area contributed by atoms with Crippen molar-refractivity contribution in [1.82, 2.24) is 10.6 Å². The minimum atomic E-state index is -1.03. The first-order valence-corrected chi connectivity index (χ1v) is 13.3. The second-order valence-electron chi connectivity index (χ2n) is 11.4. The van der Waals surface area contributed by atoms with Gasteiger partial charge in [0.2, 0.25) is 5.91 Å². The number of piperidine rings is 1. The molecule has 178 valence electrons. The van der Waals surface area contributed by atoms with Crippen molar-refractivity contribution in [2.45, 2.75) is 74.4 Å². The molecule has 1 amide bonds. The lowest BCUT2D eigenvalue weighted by Crippen LogP contribution is -2.62. The summed E-state index contributed by atoms with van der Waals surface area (Å²) in [5, 5.41) is 16.6. The third-order valence-electron chi connectivity index (χ3n) is 9.62. The third-order valence-corrected chi connectivity index (χ3v) is 10.3. The molecule has 5 fully saturated rings. The Labute approximate surface area is 202 Å². The zero-order valence-electron chi connectivity index (χ0n) is 18.8. The van der Waals surface area contributed by atoms with E-state index in [1.165, 1.54) is 0 Å². The Balaban J connectivity index is 1.36. The van der Waals surface area contributed by atoms with Gasteiger partial charge in [-0.25, -0.2) is 4.39 Å². The molecule has 4 saturated carbocycles. The molecule has 4 atom stereocenters. The van der Waals surface area contributed by atoms with Crippen molar-refractivity contribution in [2.75, 3.05) is 13.1 Å². The summed E-state index contributed by atoms with van der Waals surface area (Å²) >= 11 is 3.74. The number of carbonyl (C=O) groups is 2. The molecule has 0 radical (unpaired) electrons. The fourth-order valence-corrected chi connectivity index (χ4v) is 9.57. The normalized spacial score (nSPS) is 40.1. The summed E-state index contributed by atoms with van der Waals surface area (Å²) in [6.45, 7) is 1.62. The van der Waals surface area contributed by atoms with E-state index in [0.717, 1.165) is 54.4 Å². The molecule has 7 rings (SSSR count). The van der Waals surface area contributed by atoms with Crippen LogP contribution in [0.1, 0.15) is 68.4 Å². The van der Waals surface area contributed by atoms with Crippen LogP contribution in [0.3, 0.4) is 0 Å². The number of alkyl halides is 1. The standard InChI is InChI=1S/C26H32BrFN2O3/c27-19-3-1-2-17-18(10-20(31)32)22(26(21(17)19)4-6-29-7-5-26)24(33)30-23-15-8-14-9-16(23)13-25(28,11-14)12-15/h1-3,14-16,18,22-23,29H,4-13H2,(H,30,33)(H,31,32). The van der Waals surface area contributed by atoms with Crippen LogP contribution in [0.4, 0.5) is 4.39 Å². The lowest BCUT2D eigenvalue weighted by Gasteiger charge is -2.57. The van der Waals surface area contributed by atoms with E-state index in [-0.39, 0.29) is 41.5 Å². The molecule has 3 N–H and O–H groups in total. The van der Waals surface area contributed by atoms with Crippen molar-refractivity contribution < 1.29 is 19.1 Å². The first kappa shape index (κ1) is 22.0. The topological polar surface area (TPSA) is 78.4 Å². The van der Waals surface area contributed by atoms with Crippen LogP contribution in [0.15, 0.2) is 22.7 Å². The van der Waals surface area contributed by atoms with Crippen LogP contribution >= 0.6 is 15.9 Å². The average Bonchev–Trinajstić information content (AvgIpc) is 2.99. The lowest BCUT2D eigenvalue weighted by molar-refractivity contribution is -0.140. The summed E-state index contributed by atoms with van der Waals surface area (Å²) in [4.78, 5) is 26.0. The van der Waals surface area contributed by atoms with Gasteiger partial charge in [0.15, 0.2) is 0 Å². The van der Waals surface area contributed by atoms with Crippen molar-refractivity contribution in [1.29, 1.82) is 0 Å². The number of fused-ring (bicyclic) bond motifs is 2. The Bertz CT molecular complexity index is 978. The Morgan fingerprint density at radius 3 is 2.48 bits per heavy atom. The maximum atomic E-state index is 15.2. The Hall–Kier alpha value is -1.47. The Morgan fingerprint density at radius 2 is 1.85 bits per heavy atom. The predicted octanol–water partition coefficient (Wildman–Crippen LogP) is 4.29. The number of benzene rings is 1. The van der Waals surface area contributed by atoms with Gasteiger partial charge in [-0.1, -0.05) is 28.1 Å². The molecule has 7 heteroatoms. The first-order valence-electron chi connectivity index (χ1n) is 12.5.